The van der Waals surface area contributed by atoms with Crippen LogP contribution in [0.15, 0.2) is 73.3 Å². The Morgan fingerprint density at radius 1 is 0.949 bits per heavy atom. The minimum atomic E-state index is -1.07. The van der Waals surface area contributed by atoms with Crippen LogP contribution >= 0.6 is 0 Å². The molecule has 39 heavy (non-hydrogen) atoms. The summed E-state index contributed by atoms with van der Waals surface area (Å²) >= 11 is 0. The molecular formula is C32H32N2O5. The number of hydrogen-bond donors (Lipinski definition) is 1. The second kappa shape index (κ2) is 11.0. The largest absolute Gasteiger partial charge is 0.481 e. The van der Waals surface area contributed by atoms with Crippen molar-refractivity contribution in [3.8, 4) is 16.9 Å². The fourth-order valence-electron chi connectivity index (χ4n) is 4.74. The molecule has 0 saturated heterocycles. The van der Waals surface area contributed by atoms with Crippen molar-refractivity contribution in [3.63, 3.8) is 0 Å². The van der Waals surface area contributed by atoms with Gasteiger partial charge < -0.3 is 19.8 Å². The standard InChI is InChI=1S/C32H32N2O5/c1-6-21-12-7-9-14-23(21)24-15-10-8-13-22(24)18-34-20(2)28(30(36)31(33)37)29-25(34)16-11-17-26(29)38-19-27(35)39-32(3,4)5/h6-17H,1,18-19H2,2-5H3,(H2,33,37). The summed E-state index contributed by atoms with van der Waals surface area (Å²) in [6.07, 6.45) is 1.82. The average Bonchev–Trinajstić information content (AvgIpc) is 3.17. The van der Waals surface area contributed by atoms with Gasteiger partial charge in [0.15, 0.2) is 6.61 Å². The summed E-state index contributed by atoms with van der Waals surface area (Å²) in [6, 6.07) is 21.3. The highest BCUT2D eigenvalue weighted by atomic mass is 16.6. The Balaban J connectivity index is 1.84. The topological polar surface area (TPSA) is 101 Å². The first-order valence-electron chi connectivity index (χ1n) is 12.6. The van der Waals surface area contributed by atoms with E-state index < -0.39 is 23.3 Å². The summed E-state index contributed by atoms with van der Waals surface area (Å²) in [7, 11) is 0. The zero-order valence-electron chi connectivity index (χ0n) is 22.6. The van der Waals surface area contributed by atoms with E-state index in [1.165, 1.54) is 0 Å². The van der Waals surface area contributed by atoms with E-state index in [2.05, 4.69) is 6.58 Å². The zero-order chi connectivity index (χ0) is 28.3. The monoisotopic (exact) mass is 524 g/mol. The van der Waals surface area contributed by atoms with Gasteiger partial charge in [-0.25, -0.2) is 4.79 Å². The lowest BCUT2D eigenvalue weighted by atomic mass is 9.95. The van der Waals surface area contributed by atoms with Gasteiger partial charge in [-0.2, -0.15) is 0 Å². The molecule has 2 N–H and O–H groups in total. The SMILES string of the molecule is C=Cc1ccccc1-c1ccccc1Cn1c(C)c(C(=O)C(N)=O)c2c(OCC(=O)OC(C)(C)C)cccc21. The summed E-state index contributed by atoms with van der Waals surface area (Å²) in [6.45, 7) is 11.1. The van der Waals surface area contributed by atoms with Crippen molar-refractivity contribution in [1.29, 1.82) is 0 Å². The highest BCUT2D eigenvalue weighted by molar-refractivity contribution is 6.45. The number of ketones is 1. The maximum Gasteiger partial charge on any atom is 0.344 e. The van der Waals surface area contributed by atoms with Crippen LogP contribution in [0.2, 0.25) is 0 Å². The minimum absolute atomic E-state index is 0.154. The van der Waals surface area contributed by atoms with E-state index in [1.54, 1.807) is 39.8 Å². The Kier molecular flexibility index (Phi) is 7.72. The fraction of sp³-hybridized carbons (Fsp3) is 0.219. The number of carbonyl (C=O) groups excluding carboxylic acids is 3. The van der Waals surface area contributed by atoms with Crippen molar-refractivity contribution in [2.75, 3.05) is 6.61 Å². The van der Waals surface area contributed by atoms with Gasteiger partial charge in [-0.15, -0.1) is 0 Å². The number of amides is 1. The molecule has 0 unspecified atom stereocenters. The van der Waals surface area contributed by atoms with E-state index in [4.69, 9.17) is 15.2 Å². The molecule has 0 bridgehead atoms. The molecule has 1 heterocycles. The predicted molar refractivity (Wildman–Crippen MR) is 153 cm³/mol. The third-order valence-electron chi connectivity index (χ3n) is 6.34. The van der Waals surface area contributed by atoms with Gasteiger partial charge >= 0.3 is 5.97 Å². The number of hydrogen-bond acceptors (Lipinski definition) is 5. The van der Waals surface area contributed by atoms with E-state index in [9.17, 15) is 14.4 Å². The molecule has 3 aromatic carbocycles. The van der Waals surface area contributed by atoms with Gasteiger partial charge in [-0.3, -0.25) is 9.59 Å². The van der Waals surface area contributed by atoms with Gasteiger partial charge in [0.05, 0.1) is 16.5 Å². The number of esters is 1. The molecule has 0 aliphatic heterocycles. The quantitative estimate of drug-likeness (QED) is 0.172. The Morgan fingerprint density at radius 2 is 1.62 bits per heavy atom. The predicted octanol–water partition coefficient (Wildman–Crippen LogP) is 5.70. The Labute approximate surface area is 227 Å². The van der Waals surface area contributed by atoms with Crippen molar-refractivity contribution in [3.05, 3.63) is 95.7 Å². The van der Waals surface area contributed by atoms with Crippen LogP contribution in [-0.2, 0) is 20.9 Å². The fourth-order valence-corrected chi connectivity index (χ4v) is 4.74. The van der Waals surface area contributed by atoms with E-state index >= 15 is 0 Å². The van der Waals surface area contributed by atoms with Gasteiger partial charge in [-0.05, 0) is 62.1 Å². The first-order chi connectivity index (χ1) is 18.5. The lowest BCUT2D eigenvalue weighted by Crippen LogP contribution is -2.27. The Hall–Kier alpha value is -4.65. The van der Waals surface area contributed by atoms with Crippen molar-refractivity contribution in [1.82, 2.24) is 4.57 Å². The lowest BCUT2D eigenvalue weighted by molar-refractivity contribution is -0.157. The minimum Gasteiger partial charge on any atom is -0.481 e. The van der Waals surface area contributed by atoms with Gasteiger partial charge in [-0.1, -0.05) is 67.3 Å². The number of Topliss-reactive ketones (excluding diaryl/α,β-unsaturated/α-hetero) is 1. The molecule has 1 amide bonds. The number of benzene rings is 3. The molecule has 0 atom stereocenters. The number of nitrogens with zero attached hydrogens (tertiary/aromatic N) is 1. The maximum atomic E-state index is 13.0. The smallest absolute Gasteiger partial charge is 0.344 e. The van der Waals surface area contributed by atoms with Gasteiger partial charge in [0.1, 0.15) is 11.4 Å². The van der Waals surface area contributed by atoms with E-state index in [-0.39, 0.29) is 17.9 Å². The first kappa shape index (κ1) is 27.4. The normalized spacial score (nSPS) is 11.3. The third-order valence-corrected chi connectivity index (χ3v) is 6.34. The highest BCUT2D eigenvalue weighted by Gasteiger charge is 2.27. The van der Waals surface area contributed by atoms with Crippen LogP contribution in [0.5, 0.6) is 5.75 Å². The molecule has 0 radical (unpaired) electrons. The zero-order valence-corrected chi connectivity index (χ0v) is 22.6. The summed E-state index contributed by atoms with van der Waals surface area (Å²) in [5.41, 5.74) is 10.2. The van der Waals surface area contributed by atoms with Crippen LogP contribution in [0, 0.1) is 6.92 Å². The summed E-state index contributed by atoms with van der Waals surface area (Å²) in [5, 5.41) is 0.423. The number of nitrogens with two attached hydrogens (primary N) is 1. The van der Waals surface area contributed by atoms with Crippen molar-refractivity contribution in [2.24, 2.45) is 5.73 Å². The number of rotatable bonds is 9. The van der Waals surface area contributed by atoms with Crippen LogP contribution in [-0.4, -0.2) is 34.4 Å². The second-order valence-electron chi connectivity index (χ2n) is 10.2. The van der Waals surface area contributed by atoms with E-state index in [0.29, 0.717) is 23.1 Å². The van der Waals surface area contributed by atoms with Gasteiger partial charge in [0.2, 0.25) is 0 Å². The van der Waals surface area contributed by atoms with E-state index in [1.807, 2.05) is 65.2 Å². The number of carbonyl (C=O) groups is 3. The summed E-state index contributed by atoms with van der Waals surface area (Å²) < 4.78 is 13.1. The third kappa shape index (κ3) is 5.77. The molecule has 4 rings (SSSR count). The van der Waals surface area contributed by atoms with Crippen LogP contribution < -0.4 is 10.5 Å². The van der Waals surface area contributed by atoms with Crippen LogP contribution in [0.25, 0.3) is 28.1 Å². The number of ether oxygens (including phenoxy) is 2. The average molecular weight is 525 g/mol. The van der Waals surface area contributed by atoms with Crippen molar-refractivity contribution >= 4 is 34.6 Å². The van der Waals surface area contributed by atoms with Crippen LogP contribution in [0.3, 0.4) is 0 Å². The number of aromatic nitrogens is 1. The summed E-state index contributed by atoms with van der Waals surface area (Å²) in [5.74, 6) is -2.15. The highest BCUT2D eigenvalue weighted by Crippen LogP contribution is 2.36. The summed E-state index contributed by atoms with van der Waals surface area (Å²) in [4.78, 5) is 37.4. The first-order valence-corrected chi connectivity index (χ1v) is 12.6. The van der Waals surface area contributed by atoms with Crippen molar-refractivity contribution in [2.45, 2.75) is 39.8 Å². The molecule has 1 aromatic heterocycles. The molecule has 0 aliphatic carbocycles. The molecule has 0 saturated carbocycles. The van der Waals surface area contributed by atoms with Gasteiger partial charge in [0, 0.05) is 12.2 Å². The molecular weight excluding hydrogens is 492 g/mol. The molecule has 4 aromatic rings. The van der Waals surface area contributed by atoms with Gasteiger partial charge in [0.25, 0.3) is 11.7 Å². The molecule has 200 valence electrons. The molecule has 7 nitrogen and oxygen atoms in total. The second-order valence-corrected chi connectivity index (χ2v) is 10.2. The molecule has 0 aliphatic rings. The Morgan fingerprint density at radius 3 is 2.28 bits per heavy atom. The lowest BCUT2D eigenvalue weighted by Gasteiger charge is -2.19. The number of primary amides is 1. The molecule has 0 fully saturated rings. The maximum absolute atomic E-state index is 13.0. The van der Waals surface area contributed by atoms with Crippen LogP contribution in [0.1, 0.15) is 48.0 Å². The van der Waals surface area contributed by atoms with Crippen molar-refractivity contribution < 1.29 is 23.9 Å². The number of fused-ring (bicyclic) bond motifs is 1. The molecule has 7 heteroatoms. The van der Waals surface area contributed by atoms with Crippen LogP contribution in [0.4, 0.5) is 0 Å². The Bertz CT molecular complexity index is 1590. The van der Waals surface area contributed by atoms with E-state index in [0.717, 1.165) is 22.3 Å². The molecule has 0 spiro atoms.